The summed E-state index contributed by atoms with van der Waals surface area (Å²) in [5.41, 5.74) is 2.96. The van der Waals surface area contributed by atoms with E-state index in [1.165, 1.54) is 0 Å². The van der Waals surface area contributed by atoms with E-state index in [0.29, 0.717) is 26.1 Å². The van der Waals surface area contributed by atoms with E-state index in [1.54, 1.807) is 30.5 Å². The van der Waals surface area contributed by atoms with E-state index < -0.39 is 10.0 Å². The molecule has 1 aliphatic rings. The number of rotatable bonds is 8. The van der Waals surface area contributed by atoms with Crippen LogP contribution in [0.5, 0.6) is 0 Å². The average Bonchev–Trinajstić information content (AvgIpc) is 2.85. The Bertz CT molecular complexity index is 1150. The topological polar surface area (TPSA) is 100 Å². The molecule has 1 amide bonds. The summed E-state index contributed by atoms with van der Waals surface area (Å²) >= 11 is 0. The lowest BCUT2D eigenvalue weighted by molar-refractivity contribution is -0.125. The van der Waals surface area contributed by atoms with Crippen LogP contribution in [0.4, 0.5) is 0 Å². The van der Waals surface area contributed by atoms with Crippen molar-refractivity contribution in [2.45, 2.75) is 30.2 Å². The summed E-state index contributed by atoms with van der Waals surface area (Å²) in [5, 5.41) is 6.27. The molecule has 34 heavy (non-hydrogen) atoms. The Morgan fingerprint density at radius 2 is 1.76 bits per heavy atom. The highest BCUT2D eigenvalue weighted by molar-refractivity contribution is 7.89. The first kappa shape index (κ1) is 24.1. The second-order valence-corrected chi connectivity index (χ2v) is 10.4. The fourth-order valence-electron chi connectivity index (χ4n) is 4.24. The molecule has 1 fully saturated rings. The van der Waals surface area contributed by atoms with Gasteiger partial charge in [-0.25, -0.2) is 13.1 Å². The number of carbonyl (C=O) groups excluding carboxylic acids is 1. The second kappa shape index (κ2) is 10.9. The van der Waals surface area contributed by atoms with Gasteiger partial charge >= 0.3 is 0 Å². The van der Waals surface area contributed by atoms with Crippen LogP contribution in [0, 0.1) is 12.8 Å². The smallest absolute Gasteiger partial charge is 0.240 e. The third-order valence-electron chi connectivity index (χ3n) is 6.10. The third kappa shape index (κ3) is 6.08. The Kier molecular flexibility index (Phi) is 7.72. The van der Waals surface area contributed by atoms with Crippen molar-refractivity contribution in [2.24, 2.45) is 5.92 Å². The molecule has 0 bridgehead atoms. The normalized spacial score (nSPS) is 19.3. The number of pyridine rings is 1. The minimum atomic E-state index is -3.65. The van der Waals surface area contributed by atoms with Gasteiger partial charge in [-0.05, 0) is 43.2 Å². The lowest BCUT2D eigenvalue weighted by Crippen LogP contribution is -2.52. The predicted octanol–water partition coefficient (Wildman–Crippen LogP) is 2.59. The molecule has 4 rings (SSSR count). The molecular weight excluding hydrogens is 448 g/mol. The van der Waals surface area contributed by atoms with Crippen LogP contribution < -0.4 is 15.4 Å². The van der Waals surface area contributed by atoms with Crippen LogP contribution in [0.25, 0.3) is 0 Å². The maximum atomic E-state index is 13.0. The van der Waals surface area contributed by atoms with Gasteiger partial charge in [0.05, 0.1) is 10.8 Å². The zero-order valence-corrected chi connectivity index (χ0v) is 20.0. The molecule has 3 N–H and O–H groups in total. The minimum absolute atomic E-state index is 0.0706. The number of nitrogens with one attached hydrogen (secondary N) is 3. The average molecular weight is 479 g/mol. The van der Waals surface area contributed by atoms with Gasteiger partial charge in [-0.1, -0.05) is 54.1 Å². The first-order chi connectivity index (χ1) is 16.4. The van der Waals surface area contributed by atoms with Crippen LogP contribution in [-0.4, -0.2) is 45.0 Å². The Morgan fingerprint density at radius 1 is 1.03 bits per heavy atom. The SMILES string of the molecule is Cc1ccc(S(=O)(=O)N[C@H]2CNC[C@@H](C(=O)NCC(c3ccccc3)c3ccccn3)C2)cc1. The van der Waals surface area contributed by atoms with Crippen LogP contribution in [0.2, 0.25) is 0 Å². The fourth-order valence-corrected chi connectivity index (χ4v) is 5.49. The van der Waals surface area contributed by atoms with Crippen molar-refractivity contribution in [2.75, 3.05) is 19.6 Å². The molecule has 178 valence electrons. The maximum absolute atomic E-state index is 13.0. The Labute approximate surface area is 201 Å². The van der Waals surface area contributed by atoms with E-state index in [-0.39, 0.29) is 28.7 Å². The highest BCUT2D eigenvalue weighted by Crippen LogP contribution is 2.22. The number of hydrogen-bond acceptors (Lipinski definition) is 5. The van der Waals surface area contributed by atoms with Crippen molar-refractivity contribution in [1.82, 2.24) is 20.3 Å². The lowest BCUT2D eigenvalue weighted by atomic mass is 9.93. The molecule has 2 aromatic carbocycles. The lowest BCUT2D eigenvalue weighted by Gasteiger charge is -2.30. The summed E-state index contributed by atoms with van der Waals surface area (Å²) in [5.74, 6) is -0.498. The van der Waals surface area contributed by atoms with Crippen molar-refractivity contribution in [3.8, 4) is 0 Å². The maximum Gasteiger partial charge on any atom is 0.240 e. The summed E-state index contributed by atoms with van der Waals surface area (Å²) in [4.78, 5) is 17.8. The van der Waals surface area contributed by atoms with E-state index in [9.17, 15) is 13.2 Å². The number of benzene rings is 2. The molecule has 7 nitrogen and oxygen atoms in total. The second-order valence-electron chi connectivity index (χ2n) is 8.69. The van der Waals surface area contributed by atoms with Gasteiger partial charge in [0.2, 0.25) is 15.9 Å². The molecule has 0 aliphatic carbocycles. The monoisotopic (exact) mass is 478 g/mol. The molecule has 1 unspecified atom stereocenters. The van der Waals surface area contributed by atoms with Gasteiger partial charge in [0.1, 0.15) is 0 Å². The Hall–Kier alpha value is -3.07. The van der Waals surface area contributed by atoms with Gasteiger partial charge < -0.3 is 10.6 Å². The zero-order valence-electron chi connectivity index (χ0n) is 19.1. The van der Waals surface area contributed by atoms with E-state index in [1.807, 2.05) is 55.5 Å². The number of sulfonamides is 1. The predicted molar refractivity (Wildman–Crippen MR) is 132 cm³/mol. The van der Waals surface area contributed by atoms with Gasteiger partial charge in [-0.15, -0.1) is 0 Å². The first-order valence-corrected chi connectivity index (χ1v) is 12.9. The summed E-state index contributed by atoms with van der Waals surface area (Å²) in [6.07, 6.45) is 2.19. The molecule has 3 aromatic rings. The molecule has 0 saturated carbocycles. The van der Waals surface area contributed by atoms with Gasteiger partial charge in [-0.3, -0.25) is 9.78 Å². The zero-order chi connectivity index (χ0) is 24.0. The number of amides is 1. The Balaban J connectivity index is 1.39. The summed E-state index contributed by atoms with van der Waals surface area (Å²) in [7, 11) is -3.65. The van der Waals surface area contributed by atoms with E-state index in [0.717, 1.165) is 16.8 Å². The number of carbonyl (C=O) groups is 1. The standard InChI is InChI=1S/C26H30N4O3S/c1-19-10-12-23(13-11-19)34(32,33)30-22-15-21(16-27-17-22)26(31)29-18-24(20-7-3-2-4-8-20)25-9-5-6-14-28-25/h2-14,21-22,24,27,30H,15-18H2,1H3,(H,29,31)/t21-,22+,24?/m0/s1. The molecule has 2 heterocycles. The molecule has 0 spiro atoms. The quantitative estimate of drug-likeness (QED) is 0.462. The summed E-state index contributed by atoms with van der Waals surface area (Å²) in [6.45, 7) is 3.31. The number of nitrogens with zero attached hydrogens (tertiary/aromatic N) is 1. The van der Waals surface area contributed by atoms with Crippen molar-refractivity contribution >= 4 is 15.9 Å². The fraction of sp³-hybridized carbons (Fsp3) is 0.308. The van der Waals surface area contributed by atoms with Crippen LogP contribution in [0.1, 0.15) is 29.2 Å². The number of hydrogen-bond donors (Lipinski definition) is 3. The van der Waals surface area contributed by atoms with Crippen molar-refractivity contribution < 1.29 is 13.2 Å². The molecular formula is C26H30N4O3S. The third-order valence-corrected chi connectivity index (χ3v) is 7.64. The van der Waals surface area contributed by atoms with Crippen LogP contribution in [-0.2, 0) is 14.8 Å². The first-order valence-electron chi connectivity index (χ1n) is 11.5. The van der Waals surface area contributed by atoms with Crippen molar-refractivity contribution in [1.29, 1.82) is 0 Å². The van der Waals surface area contributed by atoms with Gasteiger partial charge in [0, 0.05) is 43.5 Å². The molecule has 1 aromatic heterocycles. The van der Waals surface area contributed by atoms with E-state index in [2.05, 4.69) is 20.3 Å². The van der Waals surface area contributed by atoms with Crippen molar-refractivity contribution in [3.63, 3.8) is 0 Å². The highest BCUT2D eigenvalue weighted by atomic mass is 32.2. The number of aromatic nitrogens is 1. The molecule has 3 atom stereocenters. The summed E-state index contributed by atoms with van der Waals surface area (Å²) < 4.78 is 28.3. The molecule has 1 aliphatic heterocycles. The number of piperidine rings is 1. The van der Waals surface area contributed by atoms with Gasteiger partial charge in [0.15, 0.2) is 0 Å². The van der Waals surface area contributed by atoms with E-state index >= 15 is 0 Å². The minimum Gasteiger partial charge on any atom is -0.355 e. The largest absolute Gasteiger partial charge is 0.355 e. The number of aryl methyl sites for hydroxylation is 1. The molecule has 0 radical (unpaired) electrons. The summed E-state index contributed by atoms with van der Waals surface area (Å²) in [6, 6.07) is 22.1. The van der Waals surface area contributed by atoms with Gasteiger partial charge in [-0.2, -0.15) is 0 Å². The van der Waals surface area contributed by atoms with Gasteiger partial charge in [0.25, 0.3) is 0 Å². The van der Waals surface area contributed by atoms with Crippen LogP contribution in [0.3, 0.4) is 0 Å². The van der Waals surface area contributed by atoms with Crippen molar-refractivity contribution in [3.05, 3.63) is 95.8 Å². The van der Waals surface area contributed by atoms with E-state index in [4.69, 9.17) is 0 Å². The highest BCUT2D eigenvalue weighted by Gasteiger charge is 2.30. The van der Waals surface area contributed by atoms with Crippen LogP contribution >= 0.6 is 0 Å². The molecule has 8 heteroatoms. The molecule has 1 saturated heterocycles. The Morgan fingerprint density at radius 3 is 2.47 bits per heavy atom. The van der Waals surface area contributed by atoms with Crippen LogP contribution in [0.15, 0.2) is 83.9 Å².